The van der Waals surface area contributed by atoms with Gasteiger partial charge in [0.2, 0.25) is 0 Å². The van der Waals surface area contributed by atoms with E-state index >= 15 is 0 Å². The van der Waals surface area contributed by atoms with Crippen LogP contribution < -0.4 is 21.8 Å². The maximum absolute atomic E-state index is 12.8. The van der Waals surface area contributed by atoms with Crippen molar-refractivity contribution >= 4 is 0 Å². The van der Waals surface area contributed by atoms with Crippen molar-refractivity contribution in [1.29, 1.82) is 0 Å². The molecule has 2 N–H and O–H groups in total. The number of aromatic nitrogens is 5. The fourth-order valence-electron chi connectivity index (χ4n) is 7.10. The number of hydrogen-bond donors (Lipinski definition) is 2. The van der Waals surface area contributed by atoms with Crippen LogP contribution in [0, 0.1) is 11.8 Å². The Morgan fingerprint density at radius 2 is 1.34 bits per heavy atom. The van der Waals surface area contributed by atoms with E-state index in [9.17, 15) is 9.59 Å². The Bertz CT molecular complexity index is 1650. The van der Waals surface area contributed by atoms with Gasteiger partial charge in [0.15, 0.2) is 0 Å². The molecule has 0 amide bonds. The molecule has 214 valence electrons. The number of nitrogens with one attached hydrogen (secondary N) is 2. The third kappa shape index (κ3) is 5.08. The number of pyridine rings is 3. The second-order valence-corrected chi connectivity index (χ2v) is 11.7. The lowest BCUT2D eigenvalue weighted by Crippen LogP contribution is -2.45. The molecule has 4 aliphatic heterocycles. The van der Waals surface area contributed by atoms with Crippen molar-refractivity contribution < 1.29 is 0 Å². The summed E-state index contributed by atoms with van der Waals surface area (Å²) in [5, 5.41) is 11.1. The summed E-state index contributed by atoms with van der Waals surface area (Å²) in [6, 6.07) is 12.0. The van der Waals surface area contributed by atoms with Gasteiger partial charge in [0.1, 0.15) is 0 Å². The molecule has 0 saturated carbocycles. The molecule has 0 radical (unpaired) electrons. The Morgan fingerprint density at radius 3 is 1.85 bits per heavy atom. The van der Waals surface area contributed by atoms with E-state index < -0.39 is 0 Å². The molecule has 2 fully saturated rings. The van der Waals surface area contributed by atoms with Crippen LogP contribution >= 0.6 is 0 Å². The van der Waals surface area contributed by atoms with Crippen LogP contribution in [0.1, 0.15) is 43.5 Å². The summed E-state index contributed by atoms with van der Waals surface area (Å²) in [6.07, 6.45) is 9.56. The quantitative estimate of drug-likeness (QED) is 0.396. The van der Waals surface area contributed by atoms with Gasteiger partial charge in [-0.05, 0) is 68.1 Å². The average molecular weight is 554 g/mol. The molecule has 8 heterocycles. The van der Waals surface area contributed by atoms with Crippen molar-refractivity contribution in [3.63, 3.8) is 0 Å². The lowest BCUT2D eigenvalue weighted by molar-refractivity contribution is 0.257. The van der Waals surface area contributed by atoms with Gasteiger partial charge in [0, 0.05) is 91.7 Å². The molecule has 4 aliphatic rings. The summed E-state index contributed by atoms with van der Waals surface area (Å²) in [5.74, 6) is 2.14. The average Bonchev–Trinajstić information content (AvgIpc) is 3.41. The van der Waals surface area contributed by atoms with Gasteiger partial charge in [-0.3, -0.25) is 19.3 Å². The summed E-state index contributed by atoms with van der Waals surface area (Å²) >= 11 is 0. The molecule has 4 atom stereocenters. The van der Waals surface area contributed by atoms with Crippen molar-refractivity contribution in [2.45, 2.75) is 45.2 Å². The Hall–Kier alpha value is -3.82. The monoisotopic (exact) mass is 553 g/mol. The highest BCUT2D eigenvalue weighted by molar-refractivity contribution is 5.62. The zero-order valence-corrected chi connectivity index (χ0v) is 22.8. The van der Waals surface area contributed by atoms with E-state index in [0.29, 0.717) is 23.7 Å². The van der Waals surface area contributed by atoms with Gasteiger partial charge in [0.05, 0.1) is 11.8 Å². The first-order valence-electron chi connectivity index (χ1n) is 14.3. The van der Waals surface area contributed by atoms with E-state index in [-0.39, 0.29) is 18.5 Å². The first-order valence-corrected chi connectivity index (χ1v) is 14.3. The summed E-state index contributed by atoms with van der Waals surface area (Å²) in [6.45, 7) is 5.71. The molecule has 8 rings (SSSR count). The molecular weight excluding hydrogens is 514 g/mol. The molecular formula is C32H39N7O2. The van der Waals surface area contributed by atoms with Crippen molar-refractivity contribution in [1.82, 2.24) is 34.5 Å². The number of fused-ring (bicyclic) bond motifs is 8. The number of rotatable bonds is 2. The minimum absolute atomic E-state index is 0. The third-order valence-corrected chi connectivity index (χ3v) is 9.01. The fourth-order valence-corrected chi connectivity index (χ4v) is 7.10. The number of piperidine rings is 2. The van der Waals surface area contributed by atoms with Crippen LogP contribution in [0.4, 0.5) is 0 Å². The third-order valence-electron chi connectivity index (χ3n) is 9.01. The molecule has 0 aliphatic carbocycles. The molecule has 9 nitrogen and oxygen atoms in total. The van der Waals surface area contributed by atoms with E-state index in [4.69, 9.17) is 0 Å². The van der Waals surface area contributed by atoms with Gasteiger partial charge in [-0.2, -0.15) is 5.10 Å². The van der Waals surface area contributed by atoms with E-state index in [2.05, 4.69) is 32.8 Å². The minimum Gasteiger partial charge on any atom is -0.316 e. The highest BCUT2D eigenvalue weighted by atomic mass is 16.1. The molecule has 41 heavy (non-hydrogen) atoms. The Labute approximate surface area is 240 Å². The Morgan fingerprint density at radius 1 is 0.756 bits per heavy atom. The van der Waals surface area contributed by atoms with Crippen LogP contribution in [0.5, 0.6) is 0 Å². The standard InChI is InChI=1S/C16H17N3O.C15H18N4O.CH4/c20-16-14(12-2-1-5-17-8-12)3-4-15-13-6-11(7-18-9-13)10-19(15)16;1-18-9-12(7-17-18)13-2-3-14-11-4-10(5-16-6-11)8-19(14)15(13)20;/h1-5,8,11,13,18H,6-7,9-10H2;2-3,7,9-11,16H,4-6,8H2,1H3;1H4/t11?,13-;10?,11-;/m00./s1. The van der Waals surface area contributed by atoms with Gasteiger partial charge in [-0.1, -0.05) is 13.5 Å². The van der Waals surface area contributed by atoms with Crippen LogP contribution in [0.25, 0.3) is 22.3 Å². The van der Waals surface area contributed by atoms with Crippen molar-refractivity contribution in [3.8, 4) is 22.3 Å². The van der Waals surface area contributed by atoms with Crippen LogP contribution in [-0.2, 0) is 20.1 Å². The zero-order valence-electron chi connectivity index (χ0n) is 22.8. The molecule has 4 bridgehead atoms. The van der Waals surface area contributed by atoms with Crippen LogP contribution in [0.2, 0.25) is 0 Å². The fraction of sp³-hybridized carbons (Fsp3) is 0.438. The van der Waals surface area contributed by atoms with Crippen LogP contribution in [-0.4, -0.2) is 50.1 Å². The summed E-state index contributed by atoms with van der Waals surface area (Å²) < 4.78 is 5.71. The minimum atomic E-state index is 0. The maximum Gasteiger partial charge on any atom is 0.258 e. The number of aryl methyl sites for hydroxylation is 1. The van der Waals surface area contributed by atoms with Gasteiger partial charge >= 0.3 is 0 Å². The first kappa shape index (κ1) is 27.4. The van der Waals surface area contributed by atoms with Gasteiger partial charge in [0.25, 0.3) is 11.1 Å². The summed E-state index contributed by atoms with van der Waals surface area (Å²) in [5.41, 5.74) is 5.96. The predicted octanol–water partition coefficient (Wildman–Crippen LogP) is 3.21. The van der Waals surface area contributed by atoms with Gasteiger partial charge < -0.3 is 19.8 Å². The Kier molecular flexibility index (Phi) is 7.48. The first-order chi connectivity index (χ1) is 19.5. The second-order valence-electron chi connectivity index (χ2n) is 11.7. The maximum atomic E-state index is 12.8. The Balaban J connectivity index is 0.000000144. The van der Waals surface area contributed by atoms with Crippen molar-refractivity contribution in [2.75, 3.05) is 26.2 Å². The van der Waals surface area contributed by atoms with E-state index in [1.165, 1.54) is 24.2 Å². The van der Waals surface area contributed by atoms with E-state index in [0.717, 1.165) is 61.5 Å². The lowest BCUT2D eigenvalue weighted by Gasteiger charge is -2.37. The summed E-state index contributed by atoms with van der Waals surface area (Å²) in [7, 11) is 1.87. The molecule has 2 unspecified atom stereocenters. The van der Waals surface area contributed by atoms with Gasteiger partial charge in [-0.15, -0.1) is 0 Å². The van der Waals surface area contributed by atoms with Crippen LogP contribution in [0.15, 0.2) is 70.8 Å². The van der Waals surface area contributed by atoms with E-state index in [1.807, 2.05) is 46.6 Å². The smallest absolute Gasteiger partial charge is 0.258 e. The van der Waals surface area contributed by atoms with Crippen LogP contribution in [0.3, 0.4) is 0 Å². The lowest BCUT2D eigenvalue weighted by atomic mass is 9.84. The molecule has 4 aromatic rings. The summed E-state index contributed by atoms with van der Waals surface area (Å²) in [4.78, 5) is 29.6. The normalized spacial score (nSPS) is 23.7. The SMILES string of the molecule is C.Cn1cc(-c2ccc3n(c2=O)CC2CNC[C@@H]3C2)cn1.O=c1c(-c2cccnc2)ccc2n1CC1CNC[C@@H]2C1. The van der Waals surface area contributed by atoms with E-state index in [1.54, 1.807) is 23.3 Å². The highest BCUT2D eigenvalue weighted by Gasteiger charge is 2.32. The van der Waals surface area contributed by atoms with Crippen molar-refractivity contribution in [3.05, 3.63) is 93.3 Å². The largest absolute Gasteiger partial charge is 0.316 e. The number of hydrogen-bond acceptors (Lipinski definition) is 6. The molecule has 0 aromatic carbocycles. The zero-order chi connectivity index (χ0) is 27.2. The number of nitrogens with zero attached hydrogens (tertiary/aromatic N) is 5. The molecule has 4 aromatic heterocycles. The molecule has 9 heteroatoms. The van der Waals surface area contributed by atoms with Crippen molar-refractivity contribution in [2.24, 2.45) is 18.9 Å². The predicted molar refractivity (Wildman–Crippen MR) is 161 cm³/mol. The molecule has 0 spiro atoms. The second kappa shape index (κ2) is 11.2. The molecule has 2 saturated heterocycles. The highest BCUT2D eigenvalue weighted by Crippen LogP contribution is 2.33. The van der Waals surface area contributed by atoms with Gasteiger partial charge in [-0.25, -0.2) is 0 Å². The topological polar surface area (TPSA) is 98.8 Å².